The van der Waals surface area contributed by atoms with Gasteiger partial charge >= 0.3 is 23.1 Å². The molecule has 0 unspecified atom stereocenters. The standard InChI is InChI=1S/2C24H26N2O4.C16H18N2O5.C3H7.ClH.Mg/c2*1-16-21(17(2)27)26(19-11-13-20(29-5)14-12-19)22(24(28)25(3)4)23(16)30-15-18-9-7-6-8-10-18;1-9(19)12-14(20)15(21)13(16(22)17(2)3)18(12)10-5-7-11(23-4)8-6-10;1-3-2;;/h2*6-14H,15H2,1-5H3;5-8,20-21H,1-4H3;3H,1-2H3;1H;/q;;;-1;;+2/p-1. The van der Waals surface area contributed by atoms with Crippen molar-refractivity contribution in [1.29, 1.82) is 0 Å². The summed E-state index contributed by atoms with van der Waals surface area (Å²) in [6.07, 6.45) is 2.00. The molecule has 0 bridgehead atoms. The Balaban J connectivity index is 0.000000337. The van der Waals surface area contributed by atoms with E-state index in [0.717, 1.165) is 11.1 Å². The number of nitrogens with zero attached hydrogens (tertiary/aromatic N) is 6. The van der Waals surface area contributed by atoms with Crippen molar-refractivity contribution in [3.63, 3.8) is 0 Å². The molecule has 0 saturated carbocycles. The number of hydrogen-bond acceptors (Lipinski definition) is 13. The Morgan fingerprint density at radius 3 is 0.920 bits per heavy atom. The van der Waals surface area contributed by atoms with Crippen molar-refractivity contribution >= 4 is 58.1 Å². The second-order valence-corrected chi connectivity index (χ2v) is 20.2. The Hall–Kier alpha value is -8.98. The Kier molecular flexibility index (Phi) is 28.1. The number of hydrogen-bond donors (Lipinski definition) is 2. The molecular weight excluding hydrogens is 1160 g/mol. The number of carbonyl (C=O) groups excluding carboxylic acids is 6. The van der Waals surface area contributed by atoms with Crippen LogP contribution in [-0.2, 0) is 13.2 Å². The molecule has 8 aromatic rings. The first kappa shape index (κ1) is 73.3. The number of halogens is 1. The van der Waals surface area contributed by atoms with Crippen LogP contribution < -0.4 is 36.1 Å². The zero-order chi connectivity index (χ0) is 63.7. The van der Waals surface area contributed by atoms with Crippen LogP contribution in [0.2, 0.25) is 0 Å². The van der Waals surface area contributed by atoms with E-state index in [1.807, 2.05) is 119 Å². The summed E-state index contributed by atoms with van der Waals surface area (Å²) >= 11 is 0. The fourth-order valence-corrected chi connectivity index (χ4v) is 9.05. The van der Waals surface area contributed by atoms with Crippen LogP contribution in [0.25, 0.3) is 17.1 Å². The van der Waals surface area contributed by atoms with Crippen molar-refractivity contribution in [2.75, 3.05) is 63.6 Å². The average Bonchev–Trinajstić information content (AvgIpc) is 2.22. The van der Waals surface area contributed by atoms with Crippen LogP contribution in [0.1, 0.15) is 120 Å². The topological polar surface area (TPSA) is 214 Å². The summed E-state index contributed by atoms with van der Waals surface area (Å²) in [5.41, 5.74) is 6.20. The van der Waals surface area contributed by atoms with Crippen LogP contribution in [0.5, 0.6) is 40.2 Å². The van der Waals surface area contributed by atoms with E-state index in [9.17, 15) is 39.0 Å². The van der Waals surface area contributed by atoms with E-state index in [2.05, 4.69) is 0 Å². The molecule has 0 fully saturated rings. The van der Waals surface area contributed by atoms with E-state index in [1.54, 1.807) is 100 Å². The van der Waals surface area contributed by atoms with Gasteiger partial charge in [0.15, 0.2) is 57.4 Å². The smallest absolute Gasteiger partial charge is 1.00 e. The van der Waals surface area contributed by atoms with Crippen molar-refractivity contribution in [3.8, 4) is 57.3 Å². The number of Topliss-reactive ketones (excluding diaryl/α,β-unsaturated/α-hetero) is 3. The van der Waals surface area contributed by atoms with Crippen LogP contribution in [-0.4, -0.2) is 160 Å². The zero-order valence-electron chi connectivity index (χ0n) is 52.8. The van der Waals surface area contributed by atoms with Gasteiger partial charge in [-0.2, -0.15) is 13.8 Å². The summed E-state index contributed by atoms with van der Waals surface area (Å²) in [7, 11) is 14.4. The van der Waals surface area contributed by atoms with Gasteiger partial charge < -0.3 is 67.4 Å². The minimum Gasteiger partial charge on any atom is -1.00 e. The molecule has 88 heavy (non-hydrogen) atoms. The van der Waals surface area contributed by atoms with Gasteiger partial charge in [0, 0.05) is 91.2 Å². The Morgan fingerprint density at radius 1 is 0.420 bits per heavy atom. The van der Waals surface area contributed by atoms with E-state index >= 15 is 0 Å². The Morgan fingerprint density at radius 2 is 0.670 bits per heavy atom. The monoisotopic (exact) mass is 1230 g/mol. The maximum atomic E-state index is 13.2. The molecule has 3 aromatic heterocycles. The van der Waals surface area contributed by atoms with Gasteiger partial charge in [-0.3, -0.25) is 42.5 Å². The van der Waals surface area contributed by atoms with Crippen molar-refractivity contribution in [2.45, 2.75) is 61.7 Å². The van der Waals surface area contributed by atoms with Gasteiger partial charge in [-0.15, -0.1) is 0 Å². The fraction of sp³-hybridized carbons (Fsp3) is 0.269. The predicted octanol–water partition coefficient (Wildman–Crippen LogP) is 8.21. The first-order valence-electron chi connectivity index (χ1n) is 27.3. The fourth-order valence-electron chi connectivity index (χ4n) is 9.05. The number of carbonyl (C=O) groups is 6. The molecule has 2 N–H and O–H groups in total. The van der Waals surface area contributed by atoms with Gasteiger partial charge in [0.1, 0.15) is 36.2 Å². The third-order valence-corrected chi connectivity index (χ3v) is 13.1. The summed E-state index contributed by atoms with van der Waals surface area (Å²) in [4.78, 5) is 80.0. The molecule has 0 aliphatic carbocycles. The van der Waals surface area contributed by atoms with E-state index in [1.165, 1.54) is 61.2 Å². The van der Waals surface area contributed by atoms with E-state index < -0.39 is 23.2 Å². The van der Waals surface area contributed by atoms with Crippen molar-refractivity contribution in [1.82, 2.24) is 28.4 Å². The number of rotatable bonds is 18. The van der Waals surface area contributed by atoms with Crippen LogP contribution in [0, 0.1) is 20.3 Å². The number of amides is 3. The summed E-state index contributed by atoms with van der Waals surface area (Å²) in [5.74, 6) is -0.237. The van der Waals surface area contributed by atoms with Crippen molar-refractivity contribution in [2.24, 2.45) is 0 Å². The molecule has 0 aliphatic heterocycles. The van der Waals surface area contributed by atoms with Crippen LogP contribution in [0.15, 0.2) is 133 Å². The van der Waals surface area contributed by atoms with Crippen LogP contribution in [0.4, 0.5) is 0 Å². The number of benzene rings is 5. The maximum absolute atomic E-state index is 13.2. The second kappa shape index (κ2) is 33.8. The quantitative estimate of drug-likeness (QED) is 0.0472. The number of ether oxygens (including phenoxy) is 5. The summed E-state index contributed by atoms with van der Waals surface area (Å²) < 4.78 is 32.4. The van der Waals surface area contributed by atoms with Gasteiger partial charge in [-0.05, 0) is 97.8 Å². The SMILES string of the molecule is COc1ccc(-n2c(C(C)=O)c(C)c(OCc3ccccc3)c2C(=O)N(C)C)cc1.COc1ccc(-n2c(C(C)=O)c(C)c(OCc3ccccc3)c2C(=O)N(C)C)cc1.COc1ccc(-n2c(C(C)=O)c(O)c(O)c2C(=O)N(C)C)cc1.C[CH-]C.[Cl-].[Mg+2]. The number of aromatic hydroxyl groups is 2. The first-order valence-corrected chi connectivity index (χ1v) is 27.3. The molecule has 8 rings (SSSR count). The number of methoxy groups -OCH3 is 3. The van der Waals surface area contributed by atoms with Crippen LogP contribution >= 0.6 is 0 Å². The van der Waals surface area contributed by atoms with Crippen molar-refractivity contribution < 1.29 is 75.1 Å². The van der Waals surface area contributed by atoms with Gasteiger partial charge in [-0.1, -0.05) is 60.7 Å². The van der Waals surface area contributed by atoms with E-state index in [4.69, 9.17) is 23.7 Å². The summed E-state index contributed by atoms with van der Waals surface area (Å²) in [6.45, 7) is 12.4. The molecule has 5 aromatic carbocycles. The normalized spacial score (nSPS) is 10.1. The van der Waals surface area contributed by atoms with Gasteiger partial charge in [0.2, 0.25) is 0 Å². The summed E-state index contributed by atoms with van der Waals surface area (Å²) in [5, 5.41) is 20.2. The minimum absolute atomic E-state index is 0. The summed E-state index contributed by atoms with van der Waals surface area (Å²) in [6, 6.07) is 40.4. The minimum atomic E-state index is -0.621. The molecule has 0 radical (unpaired) electrons. The van der Waals surface area contributed by atoms with E-state index in [0.29, 0.717) is 92.9 Å². The molecule has 0 spiro atoms. The van der Waals surface area contributed by atoms with E-state index in [-0.39, 0.29) is 70.2 Å². The molecule has 0 saturated heterocycles. The zero-order valence-corrected chi connectivity index (χ0v) is 55.0. The molecule has 462 valence electrons. The maximum Gasteiger partial charge on any atom is 2.00 e. The number of ketones is 3. The van der Waals surface area contributed by atoms with Crippen LogP contribution in [0.3, 0.4) is 0 Å². The van der Waals surface area contributed by atoms with Gasteiger partial charge in [0.25, 0.3) is 17.7 Å². The third-order valence-electron chi connectivity index (χ3n) is 13.1. The Bertz CT molecular complexity index is 3480. The second-order valence-electron chi connectivity index (χ2n) is 20.2. The molecule has 3 amide bonds. The average molecular weight is 1230 g/mol. The molecule has 0 atom stereocenters. The first-order chi connectivity index (χ1) is 40.9. The molecular formula is C67H77ClMgN6O13. The number of aromatic nitrogens is 3. The van der Waals surface area contributed by atoms with Gasteiger partial charge in [-0.25, -0.2) is 0 Å². The Labute approximate surface area is 537 Å². The molecule has 3 heterocycles. The predicted molar refractivity (Wildman–Crippen MR) is 337 cm³/mol. The molecule has 21 heteroatoms. The van der Waals surface area contributed by atoms with Gasteiger partial charge in [0.05, 0.1) is 32.7 Å². The van der Waals surface area contributed by atoms with Crippen molar-refractivity contribution in [3.05, 3.63) is 196 Å². The largest absolute Gasteiger partial charge is 2.00 e. The molecule has 0 aliphatic rings. The molecule has 19 nitrogen and oxygen atoms in total. The third kappa shape index (κ3) is 17.2.